The van der Waals surface area contributed by atoms with Gasteiger partial charge in [0.05, 0.1) is 0 Å². The third kappa shape index (κ3) is 4.56. The zero-order valence-electron chi connectivity index (χ0n) is 10.8. The lowest BCUT2D eigenvalue weighted by Crippen LogP contribution is -2.10. The third-order valence-corrected chi connectivity index (χ3v) is 4.41. The average Bonchev–Trinajstić information content (AvgIpc) is 2.41. The van der Waals surface area contributed by atoms with Crippen LogP contribution in [0.1, 0.15) is 11.1 Å². The van der Waals surface area contributed by atoms with E-state index in [-0.39, 0.29) is 0 Å². The second-order valence-electron chi connectivity index (χ2n) is 4.79. The molecule has 0 heterocycles. The van der Waals surface area contributed by atoms with Crippen LogP contribution < -0.4 is 0 Å². The molecule has 0 aromatic heterocycles. The molecule has 0 bridgehead atoms. The maximum absolute atomic E-state index is 6.21. The zero-order valence-corrected chi connectivity index (χ0v) is 13.8. The van der Waals surface area contributed by atoms with Gasteiger partial charge in [0.2, 0.25) is 0 Å². The Labute approximate surface area is 139 Å². The van der Waals surface area contributed by atoms with Crippen molar-refractivity contribution in [1.82, 2.24) is 0 Å². The predicted octanol–water partition coefficient (Wildman–Crippen LogP) is 6.29. The summed E-state index contributed by atoms with van der Waals surface area (Å²) >= 11 is 24.2. The molecule has 0 aliphatic rings. The van der Waals surface area contributed by atoms with Gasteiger partial charge in [-0.3, -0.25) is 0 Å². The minimum atomic E-state index is 0.314. The number of alkyl halides is 1. The van der Waals surface area contributed by atoms with E-state index in [1.165, 1.54) is 5.56 Å². The van der Waals surface area contributed by atoms with Crippen LogP contribution in [0.15, 0.2) is 42.5 Å². The van der Waals surface area contributed by atoms with E-state index >= 15 is 0 Å². The first-order valence-corrected chi connectivity index (χ1v) is 7.99. The topological polar surface area (TPSA) is 0 Å². The molecule has 1 atom stereocenters. The van der Waals surface area contributed by atoms with Crippen molar-refractivity contribution < 1.29 is 0 Å². The highest BCUT2D eigenvalue weighted by Crippen LogP contribution is 2.25. The smallest absolute Gasteiger partial charge is 0.0452 e. The van der Waals surface area contributed by atoms with E-state index in [1.807, 2.05) is 30.3 Å². The van der Waals surface area contributed by atoms with Crippen LogP contribution in [0, 0.1) is 5.92 Å². The van der Waals surface area contributed by atoms with Crippen molar-refractivity contribution in [3.8, 4) is 0 Å². The lowest BCUT2D eigenvalue weighted by Gasteiger charge is -2.15. The van der Waals surface area contributed by atoms with Crippen molar-refractivity contribution in [2.45, 2.75) is 12.8 Å². The molecule has 4 heteroatoms. The number of hydrogen-bond donors (Lipinski definition) is 0. The van der Waals surface area contributed by atoms with Crippen LogP contribution in [0.4, 0.5) is 0 Å². The summed E-state index contributed by atoms with van der Waals surface area (Å²) in [5, 5.41) is 2.09. The van der Waals surface area contributed by atoms with Crippen LogP contribution in [0.2, 0.25) is 15.1 Å². The van der Waals surface area contributed by atoms with E-state index in [0.29, 0.717) is 21.8 Å². The van der Waals surface area contributed by atoms with Crippen molar-refractivity contribution >= 4 is 46.4 Å². The van der Waals surface area contributed by atoms with Gasteiger partial charge < -0.3 is 0 Å². The number of hydrogen-bond acceptors (Lipinski definition) is 0. The highest BCUT2D eigenvalue weighted by atomic mass is 35.5. The minimum Gasteiger partial charge on any atom is -0.126 e. The van der Waals surface area contributed by atoms with Gasteiger partial charge in [0.25, 0.3) is 0 Å². The molecular weight excluding hydrogens is 334 g/mol. The van der Waals surface area contributed by atoms with E-state index in [2.05, 4.69) is 6.07 Å². The maximum Gasteiger partial charge on any atom is 0.0452 e. The Kier molecular flexibility index (Phi) is 6.04. The monoisotopic (exact) mass is 346 g/mol. The Morgan fingerprint density at radius 3 is 2.25 bits per heavy atom. The Bertz CT molecular complexity index is 580. The highest BCUT2D eigenvalue weighted by Gasteiger charge is 2.12. The van der Waals surface area contributed by atoms with E-state index in [9.17, 15) is 0 Å². The Hall–Kier alpha value is -0.400. The third-order valence-electron chi connectivity index (χ3n) is 3.16. The molecule has 20 heavy (non-hydrogen) atoms. The second-order valence-corrected chi connectivity index (χ2v) is 6.38. The summed E-state index contributed by atoms with van der Waals surface area (Å²) in [7, 11) is 0. The van der Waals surface area contributed by atoms with Gasteiger partial charge >= 0.3 is 0 Å². The van der Waals surface area contributed by atoms with Gasteiger partial charge in [-0.15, -0.1) is 11.6 Å². The molecular formula is C16H14Cl4. The summed E-state index contributed by atoms with van der Waals surface area (Å²) in [5.41, 5.74) is 2.26. The summed E-state index contributed by atoms with van der Waals surface area (Å²) in [6, 6.07) is 13.5. The van der Waals surface area contributed by atoms with Crippen LogP contribution in [-0.2, 0) is 12.8 Å². The normalized spacial score (nSPS) is 12.4. The van der Waals surface area contributed by atoms with Gasteiger partial charge in [0, 0.05) is 20.9 Å². The first-order valence-electron chi connectivity index (χ1n) is 6.33. The summed E-state index contributed by atoms with van der Waals surface area (Å²) in [6.45, 7) is 0. The lowest BCUT2D eigenvalue weighted by molar-refractivity contribution is 0.584. The highest BCUT2D eigenvalue weighted by molar-refractivity contribution is 6.35. The number of benzene rings is 2. The van der Waals surface area contributed by atoms with Gasteiger partial charge in [-0.1, -0.05) is 53.0 Å². The average molecular weight is 348 g/mol. The zero-order chi connectivity index (χ0) is 14.5. The Morgan fingerprint density at radius 1 is 0.850 bits per heavy atom. The molecule has 0 radical (unpaired) electrons. The van der Waals surface area contributed by atoms with Gasteiger partial charge in [-0.2, -0.15) is 0 Å². The molecule has 0 saturated heterocycles. The van der Waals surface area contributed by atoms with Gasteiger partial charge in [0.1, 0.15) is 0 Å². The molecule has 2 aromatic rings. The predicted molar refractivity (Wildman–Crippen MR) is 89.5 cm³/mol. The maximum atomic E-state index is 6.21. The Balaban J connectivity index is 2.09. The molecule has 0 aliphatic heterocycles. The molecule has 0 N–H and O–H groups in total. The molecule has 0 aliphatic carbocycles. The largest absolute Gasteiger partial charge is 0.126 e. The van der Waals surface area contributed by atoms with Crippen LogP contribution in [-0.4, -0.2) is 5.88 Å². The van der Waals surface area contributed by atoms with Crippen LogP contribution in [0.25, 0.3) is 0 Å². The first kappa shape index (κ1) is 16.0. The van der Waals surface area contributed by atoms with Crippen molar-refractivity contribution in [3.63, 3.8) is 0 Å². The molecule has 0 fully saturated rings. The standard InChI is InChI=1S/C16H14Cl4/c17-10-12(6-11-2-1-3-14(18)8-11)7-13-4-5-15(19)9-16(13)20/h1-5,8-9,12H,6-7,10H2. The summed E-state index contributed by atoms with van der Waals surface area (Å²) in [6.07, 6.45) is 1.70. The number of halogens is 4. The summed E-state index contributed by atoms with van der Waals surface area (Å²) < 4.78 is 0. The van der Waals surface area contributed by atoms with Crippen molar-refractivity contribution in [2.24, 2.45) is 5.92 Å². The van der Waals surface area contributed by atoms with Crippen molar-refractivity contribution in [1.29, 1.82) is 0 Å². The quantitative estimate of drug-likeness (QED) is 0.557. The van der Waals surface area contributed by atoms with Crippen molar-refractivity contribution in [3.05, 3.63) is 68.7 Å². The summed E-state index contributed by atoms with van der Waals surface area (Å²) in [4.78, 5) is 0. The number of rotatable bonds is 5. The molecule has 0 spiro atoms. The van der Waals surface area contributed by atoms with E-state index in [4.69, 9.17) is 46.4 Å². The fraction of sp³-hybridized carbons (Fsp3) is 0.250. The van der Waals surface area contributed by atoms with E-state index in [1.54, 1.807) is 6.07 Å². The van der Waals surface area contributed by atoms with Crippen LogP contribution in [0.3, 0.4) is 0 Å². The second kappa shape index (κ2) is 7.56. The van der Waals surface area contributed by atoms with Crippen LogP contribution in [0.5, 0.6) is 0 Å². The molecule has 0 nitrogen and oxygen atoms in total. The Morgan fingerprint density at radius 2 is 1.60 bits per heavy atom. The van der Waals surface area contributed by atoms with Gasteiger partial charge in [-0.25, -0.2) is 0 Å². The SMILES string of the molecule is ClCC(Cc1cccc(Cl)c1)Cc1ccc(Cl)cc1Cl. The van der Waals surface area contributed by atoms with Crippen LogP contribution >= 0.6 is 46.4 Å². The van der Waals surface area contributed by atoms with E-state index in [0.717, 1.165) is 23.4 Å². The summed E-state index contributed by atoms with van der Waals surface area (Å²) in [5.74, 6) is 0.889. The van der Waals surface area contributed by atoms with E-state index < -0.39 is 0 Å². The van der Waals surface area contributed by atoms with Gasteiger partial charge in [0.15, 0.2) is 0 Å². The first-order chi connectivity index (χ1) is 9.58. The molecule has 2 rings (SSSR count). The lowest BCUT2D eigenvalue weighted by atomic mass is 9.94. The minimum absolute atomic E-state index is 0.314. The van der Waals surface area contributed by atoms with Gasteiger partial charge in [-0.05, 0) is 54.2 Å². The van der Waals surface area contributed by atoms with Crippen molar-refractivity contribution in [2.75, 3.05) is 5.88 Å². The molecule has 2 aromatic carbocycles. The molecule has 1 unspecified atom stereocenters. The fourth-order valence-electron chi connectivity index (χ4n) is 2.18. The molecule has 0 saturated carbocycles. The fourth-order valence-corrected chi connectivity index (χ4v) is 3.09. The molecule has 106 valence electrons. The molecule has 0 amide bonds.